The SMILES string of the molecule is Cc1cc(Cl)c(C(=O)N2CCN(CCN)CC2)cc1F. The maximum atomic E-state index is 13.6. The molecule has 1 aliphatic rings. The number of carbonyl (C=O) groups is 1. The quantitative estimate of drug-likeness (QED) is 0.920. The summed E-state index contributed by atoms with van der Waals surface area (Å²) >= 11 is 6.05. The molecule has 1 aromatic rings. The maximum Gasteiger partial charge on any atom is 0.255 e. The molecule has 2 N–H and O–H groups in total. The summed E-state index contributed by atoms with van der Waals surface area (Å²) in [6, 6.07) is 2.72. The number of benzene rings is 1. The molecule has 1 aliphatic heterocycles. The van der Waals surface area contributed by atoms with E-state index in [0.29, 0.717) is 30.2 Å². The van der Waals surface area contributed by atoms with Gasteiger partial charge in [-0.1, -0.05) is 11.6 Å². The molecule has 0 radical (unpaired) electrons. The molecule has 2 rings (SSSR count). The molecule has 0 unspecified atom stereocenters. The van der Waals surface area contributed by atoms with E-state index in [9.17, 15) is 9.18 Å². The summed E-state index contributed by atoms with van der Waals surface area (Å²) in [5.74, 6) is -0.610. The number of piperazine rings is 1. The average molecular weight is 300 g/mol. The third-order valence-corrected chi connectivity index (χ3v) is 3.90. The Hall–Kier alpha value is -1.17. The highest BCUT2D eigenvalue weighted by molar-refractivity contribution is 6.33. The molecule has 1 aromatic carbocycles. The normalized spacial score (nSPS) is 16.5. The van der Waals surface area contributed by atoms with Gasteiger partial charge < -0.3 is 10.6 Å². The standard InChI is InChI=1S/C14H19ClFN3O/c1-10-8-12(15)11(9-13(10)16)14(20)19-6-4-18(3-2-17)5-7-19/h8-9H,2-7,17H2,1H3. The number of hydrogen-bond donors (Lipinski definition) is 1. The van der Waals surface area contributed by atoms with E-state index >= 15 is 0 Å². The van der Waals surface area contributed by atoms with Crippen molar-refractivity contribution >= 4 is 17.5 Å². The minimum Gasteiger partial charge on any atom is -0.336 e. The van der Waals surface area contributed by atoms with Crippen molar-refractivity contribution in [3.8, 4) is 0 Å². The lowest BCUT2D eigenvalue weighted by atomic mass is 10.1. The number of nitrogens with two attached hydrogens (primary N) is 1. The smallest absolute Gasteiger partial charge is 0.255 e. The van der Waals surface area contributed by atoms with Gasteiger partial charge in [0.15, 0.2) is 0 Å². The summed E-state index contributed by atoms with van der Waals surface area (Å²) in [4.78, 5) is 16.3. The molecule has 6 heteroatoms. The van der Waals surface area contributed by atoms with Crippen LogP contribution in [-0.2, 0) is 0 Å². The van der Waals surface area contributed by atoms with Crippen LogP contribution in [0.15, 0.2) is 12.1 Å². The van der Waals surface area contributed by atoms with Crippen molar-refractivity contribution in [1.29, 1.82) is 0 Å². The highest BCUT2D eigenvalue weighted by Gasteiger charge is 2.24. The fraction of sp³-hybridized carbons (Fsp3) is 0.500. The lowest BCUT2D eigenvalue weighted by molar-refractivity contribution is 0.0640. The van der Waals surface area contributed by atoms with Crippen LogP contribution in [0.5, 0.6) is 0 Å². The minimum absolute atomic E-state index is 0.207. The zero-order valence-electron chi connectivity index (χ0n) is 11.5. The number of halogens is 2. The summed E-state index contributed by atoms with van der Waals surface area (Å²) in [7, 11) is 0. The molecule has 1 heterocycles. The van der Waals surface area contributed by atoms with Crippen molar-refractivity contribution in [2.24, 2.45) is 5.73 Å². The van der Waals surface area contributed by atoms with Gasteiger partial charge in [-0.2, -0.15) is 0 Å². The molecule has 1 amide bonds. The van der Waals surface area contributed by atoms with Crippen molar-refractivity contribution in [2.45, 2.75) is 6.92 Å². The lowest BCUT2D eigenvalue weighted by Crippen LogP contribution is -2.49. The predicted molar refractivity (Wildman–Crippen MR) is 77.5 cm³/mol. The third-order valence-electron chi connectivity index (χ3n) is 3.58. The van der Waals surface area contributed by atoms with Gasteiger partial charge in [0.05, 0.1) is 10.6 Å². The Kier molecular flexibility index (Phi) is 4.96. The molecule has 1 fully saturated rings. The highest BCUT2D eigenvalue weighted by Crippen LogP contribution is 2.22. The summed E-state index contributed by atoms with van der Waals surface area (Å²) < 4.78 is 13.6. The Bertz CT molecular complexity index is 501. The number of rotatable bonds is 3. The molecular weight excluding hydrogens is 281 g/mol. The van der Waals surface area contributed by atoms with Crippen molar-refractivity contribution in [1.82, 2.24) is 9.80 Å². The van der Waals surface area contributed by atoms with E-state index < -0.39 is 5.82 Å². The second-order valence-electron chi connectivity index (χ2n) is 5.00. The number of nitrogens with zero attached hydrogens (tertiary/aromatic N) is 2. The van der Waals surface area contributed by atoms with E-state index in [2.05, 4.69) is 4.90 Å². The van der Waals surface area contributed by atoms with Gasteiger partial charge in [-0.3, -0.25) is 9.69 Å². The molecule has 4 nitrogen and oxygen atoms in total. The Morgan fingerprint density at radius 2 is 2.00 bits per heavy atom. The largest absolute Gasteiger partial charge is 0.336 e. The van der Waals surface area contributed by atoms with Crippen molar-refractivity contribution < 1.29 is 9.18 Å². The maximum absolute atomic E-state index is 13.6. The molecule has 1 saturated heterocycles. The predicted octanol–water partition coefficient (Wildman–Crippen LogP) is 1.50. The average Bonchev–Trinajstić information content (AvgIpc) is 2.43. The Morgan fingerprint density at radius 3 is 2.60 bits per heavy atom. The van der Waals surface area contributed by atoms with Gasteiger partial charge in [0.2, 0.25) is 0 Å². The molecule has 0 saturated carbocycles. The minimum atomic E-state index is -0.403. The van der Waals surface area contributed by atoms with Gasteiger partial charge in [-0.05, 0) is 24.6 Å². The van der Waals surface area contributed by atoms with Gasteiger partial charge in [0, 0.05) is 39.3 Å². The zero-order valence-corrected chi connectivity index (χ0v) is 12.3. The van der Waals surface area contributed by atoms with E-state index in [0.717, 1.165) is 19.6 Å². The first kappa shape index (κ1) is 15.2. The first-order valence-electron chi connectivity index (χ1n) is 6.70. The molecule has 0 bridgehead atoms. The first-order valence-corrected chi connectivity index (χ1v) is 7.08. The van der Waals surface area contributed by atoms with Crippen LogP contribution >= 0.6 is 11.6 Å². The van der Waals surface area contributed by atoms with Gasteiger partial charge in [0.25, 0.3) is 5.91 Å². The number of aryl methyl sites for hydroxylation is 1. The fourth-order valence-electron chi connectivity index (χ4n) is 2.34. The second-order valence-corrected chi connectivity index (χ2v) is 5.41. The molecule has 110 valence electrons. The number of carbonyl (C=O) groups excluding carboxylic acids is 1. The summed E-state index contributed by atoms with van der Waals surface area (Å²) in [6.07, 6.45) is 0. The van der Waals surface area contributed by atoms with Crippen LogP contribution in [-0.4, -0.2) is 55.0 Å². The zero-order chi connectivity index (χ0) is 14.7. The van der Waals surface area contributed by atoms with Crippen LogP contribution in [0.3, 0.4) is 0 Å². The molecule has 0 aromatic heterocycles. The van der Waals surface area contributed by atoms with Gasteiger partial charge in [0.1, 0.15) is 5.82 Å². The van der Waals surface area contributed by atoms with Crippen molar-refractivity contribution in [2.75, 3.05) is 39.3 Å². The summed E-state index contributed by atoms with van der Waals surface area (Å²) in [5.41, 5.74) is 6.20. The van der Waals surface area contributed by atoms with E-state index in [-0.39, 0.29) is 11.5 Å². The monoisotopic (exact) mass is 299 g/mol. The molecule has 20 heavy (non-hydrogen) atoms. The van der Waals surface area contributed by atoms with Crippen LogP contribution < -0.4 is 5.73 Å². The van der Waals surface area contributed by atoms with Crippen LogP contribution in [0.4, 0.5) is 4.39 Å². The van der Waals surface area contributed by atoms with E-state index in [1.165, 1.54) is 12.1 Å². The lowest BCUT2D eigenvalue weighted by Gasteiger charge is -2.34. The van der Waals surface area contributed by atoms with Gasteiger partial charge in [-0.25, -0.2) is 4.39 Å². The summed E-state index contributed by atoms with van der Waals surface area (Å²) in [6.45, 7) is 5.88. The van der Waals surface area contributed by atoms with E-state index in [4.69, 9.17) is 17.3 Å². The highest BCUT2D eigenvalue weighted by atomic mass is 35.5. The third kappa shape index (κ3) is 3.29. The number of amides is 1. The molecule has 0 aliphatic carbocycles. The Balaban J connectivity index is 2.07. The molecule has 0 atom stereocenters. The van der Waals surface area contributed by atoms with Crippen LogP contribution in [0.25, 0.3) is 0 Å². The molecule has 0 spiro atoms. The second kappa shape index (κ2) is 6.52. The van der Waals surface area contributed by atoms with Crippen LogP contribution in [0, 0.1) is 12.7 Å². The van der Waals surface area contributed by atoms with Crippen molar-refractivity contribution in [3.63, 3.8) is 0 Å². The molecular formula is C14H19ClFN3O. The van der Waals surface area contributed by atoms with Gasteiger partial charge in [-0.15, -0.1) is 0 Å². The fourth-order valence-corrected chi connectivity index (χ4v) is 2.64. The topological polar surface area (TPSA) is 49.6 Å². The summed E-state index contributed by atoms with van der Waals surface area (Å²) in [5, 5.41) is 0.304. The van der Waals surface area contributed by atoms with E-state index in [1.807, 2.05) is 0 Å². The van der Waals surface area contributed by atoms with E-state index in [1.54, 1.807) is 11.8 Å². The Labute approximate surface area is 123 Å². The first-order chi connectivity index (χ1) is 9.52. The van der Waals surface area contributed by atoms with Crippen LogP contribution in [0.1, 0.15) is 15.9 Å². The van der Waals surface area contributed by atoms with Crippen LogP contribution in [0.2, 0.25) is 5.02 Å². The van der Waals surface area contributed by atoms with Crippen molar-refractivity contribution in [3.05, 3.63) is 34.1 Å². The van der Waals surface area contributed by atoms with Gasteiger partial charge >= 0.3 is 0 Å². The Morgan fingerprint density at radius 1 is 1.35 bits per heavy atom. The number of hydrogen-bond acceptors (Lipinski definition) is 3.